The Bertz CT molecular complexity index is 1050. The Hall–Kier alpha value is -1.82. The first-order valence-corrected chi connectivity index (χ1v) is 12.2. The Labute approximate surface area is 171 Å². The lowest BCUT2D eigenvalue weighted by Crippen LogP contribution is -2.43. The van der Waals surface area contributed by atoms with Crippen molar-refractivity contribution in [2.24, 2.45) is 5.14 Å². The Morgan fingerprint density at radius 3 is 2.24 bits per heavy atom. The molecule has 0 amide bonds. The summed E-state index contributed by atoms with van der Waals surface area (Å²) >= 11 is 0. The number of ether oxygens (including phenoxy) is 1. The maximum Gasteiger partial charge on any atom is 0.240 e. The van der Waals surface area contributed by atoms with E-state index in [0.29, 0.717) is 26.3 Å². The molecule has 2 aromatic carbocycles. The van der Waals surface area contributed by atoms with Gasteiger partial charge in [0.1, 0.15) is 0 Å². The summed E-state index contributed by atoms with van der Waals surface area (Å²) < 4.78 is 56.3. The summed E-state index contributed by atoms with van der Waals surface area (Å²) in [7, 11) is -7.70. The quantitative estimate of drug-likeness (QED) is 0.664. The predicted molar refractivity (Wildman–Crippen MR) is 109 cm³/mol. The van der Waals surface area contributed by atoms with E-state index in [4.69, 9.17) is 9.88 Å². The van der Waals surface area contributed by atoms with Gasteiger partial charge in [-0.25, -0.2) is 26.7 Å². The van der Waals surface area contributed by atoms with Crippen LogP contribution in [0.4, 0.5) is 0 Å². The van der Waals surface area contributed by atoms with Gasteiger partial charge in [0, 0.05) is 25.7 Å². The Kier molecular flexibility index (Phi) is 6.72. The summed E-state index contributed by atoms with van der Waals surface area (Å²) in [5.41, 5.74) is 2.13. The zero-order valence-corrected chi connectivity index (χ0v) is 17.7. The van der Waals surface area contributed by atoms with Crippen LogP contribution < -0.4 is 9.86 Å². The maximum atomic E-state index is 12.7. The van der Waals surface area contributed by atoms with Crippen molar-refractivity contribution >= 4 is 20.0 Å². The second-order valence-corrected chi connectivity index (χ2v) is 10.3. The number of benzene rings is 2. The number of morpholine rings is 1. The van der Waals surface area contributed by atoms with Crippen LogP contribution in [0.25, 0.3) is 0 Å². The highest BCUT2D eigenvalue weighted by molar-refractivity contribution is 7.89. The third-order valence-corrected chi connectivity index (χ3v) is 7.21. The van der Waals surface area contributed by atoms with E-state index in [-0.39, 0.29) is 22.4 Å². The lowest BCUT2D eigenvalue weighted by molar-refractivity contribution is 0.0172. The summed E-state index contributed by atoms with van der Waals surface area (Å²) in [5.74, 6) is 0. The van der Waals surface area contributed by atoms with Crippen LogP contribution in [0.3, 0.4) is 0 Å². The third-order valence-electron chi connectivity index (χ3n) is 4.84. The van der Waals surface area contributed by atoms with E-state index < -0.39 is 20.0 Å². The molecule has 158 valence electrons. The van der Waals surface area contributed by atoms with Crippen LogP contribution >= 0.6 is 0 Å². The highest BCUT2D eigenvalue weighted by Crippen LogP contribution is 2.23. The molecule has 0 aromatic heterocycles. The normalized spacial score (nSPS) is 17.2. The molecule has 0 bridgehead atoms. The van der Waals surface area contributed by atoms with Crippen LogP contribution in [0.15, 0.2) is 58.3 Å². The lowest BCUT2D eigenvalue weighted by Gasteiger charge is -2.35. The van der Waals surface area contributed by atoms with Gasteiger partial charge in [-0.3, -0.25) is 4.90 Å². The number of sulfonamides is 2. The van der Waals surface area contributed by atoms with Crippen molar-refractivity contribution in [2.45, 2.75) is 22.8 Å². The van der Waals surface area contributed by atoms with Gasteiger partial charge in [0.25, 0.3) is 0 Å². The molecule has 1 atom stereocenters. The molecule has 29 heavy (non-hydrogen) atoms. The van der Waals surface area contributed by atoms with Crippen molar-refractivity contribution in [3.63, 3.8) is 0 Å². The molecule has 1 fully saturated rings. The van der Waals surface area contributed by atoms with Gasteiger partial charge in [-0.2, -0.15) is 0 Å². The standard InChI is InChI=1S/C19H25N3O5S2/c1-15-3-2-4-16(13-15)19(22-9-11-27-12-10-22)14-21-29(25,26)18-7-5-17(6-8-18)28(20,23)24/h2-8,13,19,21H,9-12,14H2,1H3,(H2,20,23,24). The van der Waals surface area contributed by atoms with Crippen molar-refractivity contribution < 1.29 is 21.6 Å². The molecule has 1 unspecified atom stereocenters. The topological polar surface area (TPSA) is 119 Å². The zero-order valence-electron chi connectivity index (χ0n) is 16.1. The van der Waals surface area contributed by atoms with E-state index in [0.717, 1.165) is 11.1 Å². The molecule has 8 nitrogen and oxygen atoms in total. The number of hydrogen-bond donors (Lipinski definition) is 2. The first-order valence-electron chi connectivity index (χ1n) is 9.18. The average molecular weight is 440 g/mol. The second kappa shape index (κ2) is 8.90. The minimum atomic E-state index is -3.88. The molecular formula is C19H25N3O5S2. The van der Waals surface area contributed by atoms with E-state index in [1.54, 1.807) is 0 Å². The molecule has 3 N–H and O–H groups in total. The van der Waals surface area contributed by atoms with Crippen molar-refractivity contribution in [1.29, 1.82) is 0 Å². The molecule has 1 saturated heterocycles. The molecule has 0 aliphatic carbocycles. The molecule has 0 radical (unpaired) electrons. The Balaban J connectivity index is 1.80. The predicted octanol–water partition coefficient (Wildman–Crippen LogP) is 0.994. The summed E-state index contributed by atoms with van der Waals surface area (Å²) in [6.07, 6.45) is 0. The van der Waals surface area contributed by atoms with Gasteiger partial charge in [0.2, 0.25) is 20.0 Å². The van der Waals surface area contributed by atoms with Crippen LogP contribution in [0.5, 0.6) is 0 Å². The monoisotopic (exact) mass is 439 g/mol. The lowest BCUT2D eigenvalue weighted by atomic mass is 10.0. The molecule has 10 heteroatoms. The number of nitrogens with zero attached hydrogens (tertiary/aromatic N) is 1. The molecule has 1 aliphatic rings. The van der Waals surface area contributed by atoms with Crippen LogP contribution in [0.1, 0.15) is 17.2 Å². The summed E-state index contributed by atoms with van der Waals surface area (Å²) in [4.78, 5) is 2.04. The number of nitrogens with two attached hydrogens (primary N) is 1. The van der Waals surface area contributed by atoms with Gasteiger partial charge in [-0.1, -0.05) is 29.8 Å². The Morgan fingerprint density at radius 2 is 1.66 bits per heavy atom. The number of primary sulfonamides is 1. The van der Waals surface area contributed by atoms with Crippen molar-refractivity contribution in [2.75, 3.05) is 32.8 Å². The highest BCUT2D eigenvalue weighted by atomic mass is 32.2. The van der Waals surface area contributed by atoms with Gasteiger partial charge in [-0.05, 0) is 36.8 Å². The van der Waals surface area contributed by atoms with Crippen LogP contribution in [0, 0.1) is 6.92 Å². The van der Waals surface area contributed by atoms with E-state index in [9.17, 15) is 16.8 Å². The van der Waals surface area contributed by atoms with Crippen molar-refractivity contribution in [3.8, 4) is 0 Å². The maximum absolute atomic E-state index is 12.7. The van der Waals surface area contributed by atoms with E-state index in [1.807, 2.05) is 25.1 Å². The fourth-order valence-corrected chi connectivity index (χ4v) is 4.86. The van der Waals surface area contributed by atoms with E-state index in [2.05, 4.69) is 15.7 Å². The van der Waals surface area contributed by atoms with Gasteiger partial charge in [0.05, 0.1) is 23.0 Å². The zero-order chi connectivity index (χ0) is 21.1. The first kappa shape index (κ1) is 21.9. The Morgan fingerprint density at radius 1 is 1.03 bits per heavy atom. The minimum absolute atomic E-state index is 0.0186. The fraction of sp³-hybridized carbons (Fsp3) is 0.368. The average Bonchev–Trinajstić information content (AvgIpc) is 2.68. The molecule has 3 rings (SSSR count). The van der Waals surface area contributed by atoms with Crippen molar-refractivity contribution in [1.82, 2.24) is 9.62 Å². The van der Waals surface area contributed by atoms with Gasteiger partial charge in [0.15, 0.2) is 0 Å². The van der Waals surface area contributed by atoms with Crippen LogP contribution in [-0.4, -0.2) is 54.6 Å². The fourth-order valence-electron chi connectivity index (χ4n) is 3.30. The van der Waals surface area contributed by atoms with Crippen LogP contribution in [-0.2, 0) is 24.8 Å². The molecule has 0 saturated carbocycles. The van der Waals surface area contributed by atoms with E-state index >= 15 is 0 Å². The summed E-state index contributed by atoms with van der Waals surface area (Å²) in [5, 5.41) is 5.06. The van der Waals surface area contributed by atoms with Gasteiger partial charge in [-0.15, -0.1) is 0 Å². The number of hydrogen-bond acceptors (Lipinski definition) is 6. The number of rotatable bonds is 7. The second-order valence-electron chi connectivity index (χ2n) is 6.95. The molecule has 1 heterocycles. The molecule has 2 aromatic rings. The van der Waals surface area contributed by atoms with Crippen LogP contribution in [0.2, 0.25) is 0 Å². The third kappa shape index (κ3) is 5.62. The molecule has 0 spiro atoms. The van der Waals surface area contributed by atoms with Crippen molar-refractivity contribution in [3.05, 3.63) is 59.7 Å². The highest BCUT2D eigenvalue weighted by Gasteiger charge is 2.25. The first-order chi connectivity index (χ1) is 13.7. The molecule has 1 aliphatic heterocycles. The minimum Gasteiger partial charge on any atom is -0.379 e. The number of aryl methyl sites for hydroxylation is 1. The number of nitrogens with one attached hydrogen (secondary N) is 1. The van der Waals surface area contributed by atoms with Gasteiger partial charge >= 0.3 is 0 Å². The molecular weight excluding hydrogens is 414 g/mol. The SMILES string of the molecule is Cc1cccc(C(CNS(=O)(=O)c2ccc(S(N)(=O)=O)cc2)N2CCOCC2)c1. The summed E-state index contributed by atoms with van der Waals surface area (Å²) in [6, 6.07) is 12.7. The smallest absolute Gasteiger partial charge is 0.240 e. The summed E-state index contributed by atoms with van der Waals surface area (Å²) in [6.45, 7) is 4.81. The largest absolute Gasteiger partial charge is 0.379 e. The van der Waals surface area contributed by atoms with Gasteiger partial charge < -0.3 is 4.74 Å². The van der Waals surface area contributed by atoms with E-state index in [1.165, 1.54) is 24.3 Å².